The molecule has 2 atom stereocenters. The normalized spacial score (nSPS) is 35.2. The van der Waals surface area contributed by atoms with E-state index in [-0.39, 0.29) is 5.60 Å². The number of rotatable bonds is 2. The lowest BCUT2D eigenvalue weighted by atomic mass is 9.67. The Labute approximate surface area is 124 Å². The summed E-state index contributed by atoms with van der Waals surface area (Å²) in [5, 5.41) is 0. The van der Waals surface area contributed by atoms with E-state index in [9.17, 15) is 0 Å². The Balaban J connectivity index is 1.58. The first-order valence-corrected chi connectivity index (χ1v) is 8.89. The molecule has 3 rings (SSSR count). The van der Waals surface area contributed by atoms with Crippen molar-refractivity contribution in [3.63, 3.8) is 0 Å². The number of hydrogen-bond acceptors (Lipinski definition) is 2. The predicted molar refractivity (Wildman–Crippen MR) is 83.6 cm³/mol. The summed E-state index contributed by atoms with van der Waals surface area (Å²) in [5.74, 6) is 1.48. The van der Waals surface area contributed by atoms with Crippen LogP contribution < -0.4 is 5.73 Å². The van der Waals surface area contributed by atoms with E-state index < -0.39 is 0 Å². The quantitative estimate of drug-likeness (QED) is 0.819. The van der Waals surface area contributed by atoms with Crippen molar-refractivity contribution < 1.29 is 4.74 Å². The summed E-state index contributed by atoms with van der Waals surface area (Å²) in [6, 6.07) is 0.424. The Morgan fingerprint density at radius 2 is 1.60 bits per heavy atom. The van der Waals surface area contributed by atoms with E-state index in [1.807, 2.05) is 0 Å². The van der Waals surface area contributed by atoms with Gasteiger partial charge in [-0.25, -0.2) is 0 Å². The molecule has 2 heteroatoms. The Bertz CT molecular complexity index is 322. The van der Waals surface area contributed by atoms with Crippen molar-refractivity contribution in [2.45, 2.75) is 89.7 Å². The minimum atomic E-state index is 0.231. The van der Waals surface area contributed by atoms with Crippen LogP contribution in [0.15, 0.2) is 0 Å². The van der Waals surface area contributed by atoms with Crippen molar-refractivity contribution >= 4 is 0 Å². The van der Waals surface area contributed by atoms with E-state index in [1.54, 1.807) is 0 Å². The van der Waals surface area contributed by atoms with Crippen LogP contribution in [0.25, 0.3) is 0 Å². The third-order valence-corrected chi connectivity index (χ3v) is 6.52. The van der Waals surface area contributed by atoms with E-state index in [0.29, 0.717) is 17.4 Å². The highest BCUT2D eigenvalue weighted by atomic mass is 16.5. The van der Waals surface area contributed by atoms with E-state index >= 15 is 0 Å². The highest BCUT2D eigenvalue weighted by Crippen LogP contribution is 2.46. The fraction of sp³-hybridized carbons (Fsp3) is 1.00. The minimum Gasteiger partial charge on any atom is -0.375 e. The Kier molecular flexibility index (Phi) is 4.16. The molecule has 0 bridgehead atoms. The van der Waals surface area contributed by atoms with Crippen LogP contribution in [0, 0.1) is 17.3 Å². The van der Waals surface area contributed by atoms with Gasteiger partial charge >= 0.3 is 0 Å². The zero-order valence-corrected chi connectivity index (χ0v) is 13.5. The van der Waals surface area contributed by atoms with Crippen molar-refractivity contribution in [1.29, 1.82) is 0 Å². The summed E-state index contributed by atoms with van der Waals surface area (Å²) in [6.45, 7) is 5.78. The molecule has 1 spiro atoms. The van der Waals surface area contributed by atoms with Crippen molar-refractivity contribution in [2.24, 2.45) is 23.0 Å². The Hall–Kier alpha value is -0.0800. The van der Waals surface area contributed by atoms with Crippen molar-refractivity contribution in [2.75, 3.05) is 6.61 Å². The smallest absolute Gasteiger partial charge is 0.0685 e. The molecule has 0 radical (unpaired) electrons. The average Bonchev–Trinajstić information content (AvgIpc) is 2.86. The number of nitrogens with two attached hydrogens (primary N) is 1. The molecule has 0 amide bonds. The fourth-order valence-corrected chi connectivity index (χ4v) is 4.95. The summed E-state index contributed by atoms with van der Waals surface area (Å²) in [6.07, 6.45) is 13.1. The molecule has 116 valence electrons. The van der Waals surface area contributed by atoms with Crippen LogP contribution in [0.1, 0.15) is 78.1 Å². The molecule has 1 heterocycles. The highest BCUT2D eigenvalue weighted by molar-refractivity contribution is 4.96. The maximum atomic E-state index is 6.71. The van der Waals surface area contributed by atoms with Crippen molar-refractivity contribution in [3.8, 4) is 0 Å². The van der Waals surface area contributed by atoms with Crippen molar-refractivity contribution in [1.82, 2.24) is 0 Å². The maximum Gasteiger partial charge on any atom is 0.0685 e. The van der Waals surface area contributed by atoms with Gasteiger partial charge in [-0.3, -0.25) is 0 Å². The highest BCUT2D eigenvalue weighted by Gasteiger charge is 2.43. The van der Waals surface area contributed by atoms with Gasteiger partial charge in [-0.15, -0.1) is 0 Å². The van der Waals surface area contributed by atoms with Gasteiger partial charge in [0.1, 0.15) is 0 Å². The van der Waals surface area contributed by atoms with Crippen LogP contribution in [-0.2, 0) is 4.74 Å². The molecule has 2 aliphatic carbocycles. The first-order valence-electron chi connectivity index (χ1n) is 8.89. The fourth-order valence-electron chi connectivity index (χ4n) is 4.95. The lowest BCUT2D eigenvalue weighted by Crippen LogP contribution is -2.47. The molecule has 0 aromatic carbocycles. The van der Waals surface area contributed by atoms with Crippen molar-refractivity contribution in [3.05, 3.63) is 0 Å². The molecule has 1 saturated heterocycles. The second-order valence-electron chi connectivity index (χ2n) is 8.57. The molecule has 2 N–H and O–H groups in total. The third-order valence-electron chi connectivity index (χ3n) is 6.52. The van der Waals surface area contributed by atoms with Gasteiger partial charge in [0.05, 0.1) is 5.60 Å². The summed E-state index contributed by atoms with van der Waals surface area (Å²) in [5.41, 5.74) is 7.49. The molecule has 1 aliphatic heterocycles. The van der Waals surface area contributed by atoms with Gasteiger partial charge in [-0.2, -0.15) is 0 Å². The predicted octanol–water partition coefficient (Wildman–Crippen LogP) is 4.27. The summed E-state index contributed by atoms with van der Waals surface area (Å²) >= 11 is 0. The van der Waals surface area contributed by atoms with Gasteiger partial charge in [0.25, 0.3) is 0 Å². The number of ether oxygens (including phenoxy) is 1. The third kappa shape index (κ3) is 3.06. The van der Waals surface area contributed by atoms with Crippen LogP contribution in [-0.4, -0.2) is 18.2 Å². The van der Waals surface area contributed by atoms with Gasteiger partial charge in [0.2, 0.25) is 0 Å². The molecule has 2 nitrogen and oxygen atoms in total. The second kappa shape index (κ2) is 5.61. The maximum absolute atomic E-state index is 6.71. The average molecular weight is 279 g/mol. The SMILES string of the molecule is CC1(C)CCC(C(N)C2CCOC3(CCCC3)C2)CC1. The zero-order chi connectivity index (χ0) is 14.2. The molecule has 0 aromatic heterocycles. The topological polar surface area (TPSA) is 35.2 Å². The summed E-state index contributed by atoms with van der Waals surface area (Å²) in [7, 11) is 0. The molecule has 2 saturated carbocycles. The molecule has 0 aromatic rings. The Morgan fingerprint density at radius 1 is 0.950 bits per heavy atom. The van der Waals surface area contributed by atoms with Gasteiger partial charge in [-0.1, -0.05) is 26.7 Å². The second-order valence-corrected chi connectivity index (χ2v) is 8.57. The summed E-state index contributed by atoms with van der Waals surface area (Å²) in [4.78, 5) is 0. The first-order chi connectivity index (χ1) is 9.50. The lowest BCUT2D eigenvalue weighted by Gasteiger charge is -2.44. The van der Waals surface area contributed by atoms with Gasteiger partial charge in [0, 0.05) is 12.6 Å². The first kappa shape index (κ1) is 14.8. The molecular formula is C18H33NO. The zero-order valence-electron chi connectivity index (χ0n) is 13.5. The van der Waals surface area contributed by atoms with Gasteiger partial charge < -0.3 is 10.5 Å². The summed E-state index contributed by atoms with van der Waals surface area (Å²) < 4.78 is 6.17. The van der Waals surface area contributed by atoms with Crippen LogP contribution >= 0.6 is 0 Å². The van der Waals surface area contributed by atoms with Gasteiger partial charge in [0.15, 0.2) is 0 Å². The van der Waals surface area contributed by atoms with E-state index in [1.165, 1.54) is 64.2 Å². The molecule has 20 heavy (non-hydrogen) atoms. The van der Waals surface area contributed by atoms with Crippen LogP contribution in [0.3, 0.4) is 0 Å². The molecule has 3 aliphatic rings. The van der Waals surface area contributed by atoms with E-state index in [2.05, 4.69) is 13.8 Å². The lowest BCUT2D eigenvalue weighted by molar-refractivity contribution is -0.0999. The number of hydrogen-bond donors (Lipinski definition) is 1. The standard InChI is InChI=1S/C18H33NO/c1-17(2)10-5-14(6-11-17)16(19)15-7-12-20-18(13-15)8-3-4-9-18/h14-16H,3-13,19H2,1-2H3. The van der Waals surface area contributed by atoms with Gasteiger partial charge in [-0.05, 0) is 68.6 Å². The van der Waals surface area contributed by atoms with Crippen LogP contribution in [0.5, 0.6) is 0 Å². The largest absolute Gasteiger partial charge is 0.375 e. The monoisotopic (exact) mass is 279 g/mol. The van der Waals surface area contributed by atoms with E-state index in [4.69, 9.17) is 10.5 Å². The molecule has 2 unspecified atom stereocenters. The minimum absolute atomic E-state index is 0.231. The van der Waals surface area contributed by atoms with Crippen LogP contribution in [0.4, 0.5) is 0 Å². The van der Waals surface area contributed by atoms with Crippen LogP contribution in [0.2, 0.25) is 0 Å². The van der Waals surface area contributed by atoms with E-state index in [0.717, 1.165) is 12.5 Å². The molecule has 3 fully saturated rings. The molecular weight excluding hydrogens is 246 g/mol. The Morgan fingerprint density at radius 3 is 2.25 bits per heavy atom.